The summed E-state index contributed by atoms with van der Waals surface area (Å²) in [5, 5.41) is 34.9. The molecule has 2 aromatic heterocycles. The number of carbonyl (C=O) groups is 1. The molecule has 0 amide bonds. The quantitative estimate of drug-likeness (QED) is 0.423. The lowest BCUT2D eigenvalue weighted by molar-refractivity contribution is -0.324. The third kappa shape index (κ3) is 3.27. The predicted octanol–water partition coefficient (Wildman–Crippen LogP) is 2.61. The highest BCUT2D eigenvalue weighted by molar-refractivity contribution is 7.12. The van der Waals surface area contributed by atoms with Gasteiger partial charge in [0, 0.05) is 17.5 Å². The highest BCUT2D eigenvalue weighted by atomic mass is 35.5. The maximum absolute atomic E-state index is 13.0. The Bertz CT molecular complexity index is 1070. The van der Waals surface area contributed by atoms with Crippen molar-refractivity contribution in [2.45, 2.75) is 19.3 Å². The van der Waals surface area contributed by atoms with Gasteiger partial charge in [-0.2, -0.15) is 0 Å². The summed E-state index contributed by atoms with van der Waals surface area (Å²) >= 11 is 7.38. The number of fused-ring (bicyclic) bond motifs is 1. The minimum atomic E-state index is -3.14. The topological polar surface area (TPSA) is 122 Å². The number of aromatic nitrogens is 1. The first-order valence-corrected chi connectivity index (χ1v) is 9.34. The largest absolute Gasteiger partial charge is 0.454 e. The van der Waals surface area contributed by atoms with Crippen molar-refractivity contribution in [3.8, 4) is 22.8 Å². The number of rotatable bonds is 5. The molecule has 0 spiro atoms. The van der Waals surface area contributed by atoms with Gasteiger partial charge in [0.2, 0.25) is 6.79 Å². The van der Waals surface area contributed by atoms with E-state index in [1.807, 2.05) is 0 Å². The van der Waals surface area contributed by atoms with E-state index in [0.717, 1.165) is 0 Å². The molecule has 1 aromatic carbocycles. The minimum absolute atomic E-state index is 0.0418. The smallest absolute Gasteiger partial charge is 0.304 e. The molecule has 0 unspecified atom stereocenters. The van der Waals surface area contributed by atoms with Crippen LogP contribution in [0.5, 0.6) is 11.5 Å². The van der Waals surface area contributed by atoms with Gasteiger partial charge in [0.15, 0.2) is 23.0 Å². The zero-order chi connectivity index (χ0) is 20.1. The van der Waals surface area contributed by atoms with E-state index >= 15 is 0 Å². The van der Waals surface area contributed by atoms with Gasteiger partial charge in [-0.1, -0.05) is 16.8 Å². The summed E-state index contributed by atoms with van der Waals surface area (Å²) in [6, 6.07) is 4.36. The number of Topliss-reactive ketones (excluding diaryl/α,β-unsaturated/α-hetero) is 1. The number of carbonyl (C=O) groups excluding carboxylic acids is 1. The highest BCUT2D eigenvalue weighted by Gasteiger charge is 2.31. The van der Waals surface area contributed by atoms with Crippen molar-refractivity contribution in [2.24, 2.45) is 0 Å². The monoisotopic (exact) mass is 423 g/mol. The van der Waals surface area contributed by atoms with E-state index < -0.39 is 5.97 Å². The maximum Gasteiger partial charge on any atom is 0.304 e. The molecule has 28 heavy (non-hydrogen) atoms. The molecule has 0 saturated carbocycles. The van der Waals surface area contributed by atoms with Gasteiger partial charge in [0.1, 0.15) is 5.02 Å². The number of aryl methyl sites for hydroxylation is 1. The summed E-state index contributed by atoms with van der Waals surface area (Å²) < 4.78 is 15.7. The second-order valence-corrected chi connectivity index (χ2v) is 7.47. The van der Waals surface area contributed by atoms with Gasteiger partial charge in [-0.15, -0.1) is 11.3 Å². The molecule has 0 fully saturated rings. The van der Waals surface area contributed by atoms with Crippen molar-refractivity contribution < 1.29 is 34.1 Å². The third-order valence-corrected chi connectivity index (χ3v) is 5.67. The third-order valence-electron chi connectivity index (χ3n) is 4.26. The van der Waals surface area contributed by atoms with E-state index in [1.165, 1.54) is 23.5 Å². The summed E-state index contributed by atoms with van der Waals surface area (Å²) in [6.07, 6.45) is -0.229. The summed E-state index contributed by atoms with van der Waals surface area (Å²) in [6.45, 7) is 1.64. The lowest BCUT2D eigenvalue weighted by atomic mass is 9.98. The summed E-state index contributed by atoms with van der Waals surface area (Å²) in [5.41, 5.74) is 0.911. The molecule has 3 N–H and O–H groups in total. The Hall–Kier alpha value is -2.43. The maximum atomic E-state index is 13.0. The van der Waals surface area contributed by atoms with Crippen molar-refractivity contribution in [2.75, 3.05) is 6.79 Å². The zero-order valence-corrected chi connectivity index (χ0v) is 16.0. The highest BCUT2D eigenvalue weighted by Crippen LogP contribution is 2.39. The lowest BCUT2D eigenvalue weighted by Crippen LogP contribution is -2.26. The number of thiophene rings is 1. The molecule has 0 atom stereocenters. The van der Waals surface area contributed by atoms with Crippen molar-refractivity contribution in [3.63, 3.8) is 0 Å². The Labute approximate surface area is 167 Å². The number of nitrogens with zero attached hydrogens (tertiary/aromatic N) is 1. The van der Waals surface area contributed by atoms with E-state index in [-0.39, 0.29) is 41.6 Å². The van der Waals surface area contributed by atoms with Crippen molar-refractivity contribution in [1.82, 2.24) is 5.16 Å². The molecular formula is C18H14ClNO7S. The van der Waals surface area contributed by atoms with Gasteiger partial charge in [-0.3, -0.25) is 4.79 Å². The molecule has 1 aliphatic rings. The Kier molecular flexibility index (Phi) is 4.64. The van der Waals surface area contributed by atoms with Crippen LogP contribution in [0, 0.1) is 6.92 Å². The van der Waals surface area contributed by atoms with Crippen LogP contribution < -0.4 is 9.47 Å². The van der Waals surface area contributed by atoms with Crippen molar-refractivity contribution >= 4 is 28.7 Å². The van der Waals surface area contributed by atoms with Gasteiger partial charge in [0.25, 0.3) is 0 Å². The van der Waals surface area contributed by atoms with Crippen LogP contribution in [-0.2, 0) is 12.4 Å². The first-order valence-electron chi connectivity index (χ1n) is 8.08. The summed E-state index contributed by atoms with van der Waals surface area (Å²) in [5.74, 6) is -2.60. The Morgan fingerprint density at radius 2 is 2.00 bits per heavy atom. The number of aliphatic hydroxyl groups is 3. The fourth-order valence-electron chi connectivity index (χ4n) is 2.93. The average molecular weight is 424 g/mol. The molecule has 1 aliphatic heterocycles. The molecule has 0 saturated heterocycles. The van der Waals surface area contributed by atoms with Crippen molar-refractivity contribution in [1.29, 1.82) is 0 Å². The van der Waals surface area contributed by atoms with Crippen LogP contribution in [0.2, 0.25) is 5.02 Å². The fraction of sp³-hybridized carbons (Fsp3) is 0.222. The van der Waals surface area contributed by atoms with Crippen LogP contribution in [0.3, 0.4) is 0 Å². The van der Waals surface area contributed by atoms with E-state index in [4.69, 9.17) is 25.6 Å². The number of hydrogen-bond donors (Lipinski definition) is 3. The van der Waals surface area contributed by atoms with E-state index in [9.17, 15) is 20.1 Å². The van der Waals surface area contributed by atoms with Crippen LogP contribution in [0.15, 0.2) is 28.1 Å². The second-order valence-electron chi connectivity index (χ2n) is 6.17. The standard InChI is InChI=1S/C18H14ClNO7S/c1-8-15(19)16(27-20-8)10-2-3-28-17(10)12(21)4-9-5-13-14(26-7-25-13)6-11(9)18(22,23)24/h2-3,5-6,22-24H,4,7H2,1H3. The second kappa shape index (κ2) is 6.87. The first kappa shape index (κ1) is 18.9. The number of ether oxygens (including phenoxy) is 2. The van der Waals surface area contributed by atoms with Gasteiger partial charge in [0.05, 0.1) is 10.6 Å². The normalized spacial score (nSPS) is 13.2. The van der Waals surface area contributed by atoms with E-state index in [0.29, 0.717) is 26.9 Å². The van der Waals surface area contributed by atoms with Crippen LogP contribution in [0.1, 0.15) is 26.5 Å². The number of ketones is 1. The molecule has 0 radical (unpaired) electrons. The Morgan fingerprint density at radius 3 is 2.64 bits per heavy atom. The summed E-state index contributed by atoms with van der Waals surface area (Å²) in [4.78, 5) is 13.3. The van der Waals surface area contributed by atoms with Gasteiger partial charge in [-0.05, 0) is 36.1 Å². The molecule has 0 bridgehead atoms. The molecule has 0 aliphatic carbocycles. The summed E-state index contributed by atoms with van der Waals surface area (Å²) in [7, 11) is 0. The Balaban J connectivity index is 1.71. The van der Waals surface area contributed by atoms with Gasteiger partial charge < -0.3 is 29.3 Å². The van der Waals surface area contributed by atoms with Gasteiger partial charge >= 0.3 is 5.97 Å². The van der Waals surface area contributed by atoms with Gasteiger partial charge in [-0.25, -0.2) is 0 Å². The zero-order valence-electron chi connectivity index (χ0n) is 14.4. The molecular weight excluding hydrogens is 410 g/mol. The minimum Gasteiger partial charge on any atom is -0.454 e. The molecule has 8 nitrogen and oxygen atoms in total. The fourth-order valence-corrected chi connectivity index (χ4v) is 3.93. The van der Waals surface area contributed by atoms with Crippen LogP contribution >= 0.6 is 22.9 Å². The lowest BCUT2D eigenvalue weighted by Gasteiger charge is -2.19. The molecule has 146 valence electrons. The number of halogens is 1. The average Bonchev–Trinajstić information content (AvgIpc) is 3.34. The molecule has 3 aromatic rings. The van der Waals surface area contributed by atoms with E-state index in [2.05, 4.69) is 5.16 Å². The van der Waals surface area contributed by atoms with Crippen LogP contribution in [-0.4, -0.2) is 33.1 Å². The van der Waals surface area contributed by atoms with Crippen LogP contribution in [0.4, 0.5) is 0 Å². The van der Waals surface area contributed by atoms with E-state index in [1.54, 1.807) is 18.4 Å². The molecule has 3 heterocycles. The SMILES string of the molecule is Cc1noc(-c2ccsc2C(=O)Cc2cc3c(cc2C(O)(O)O)OCO3)c1Cl. The predicted molar refractivity (Wildman–Crippen MR) is 98.5 cm³/mol. The van der Waals surface area contributed by atoms with Crippen molar-refractivity contribution in [3.05, 3.63) is 50.3 Å². The van der Waals surface area contributed by atoms with Crippen LogP contribution in [0.25, 0.3) is 11.3 Å². The number of hydrogen-bond acceptors (Lipinski definition) is 9. The number of benzene rings is 1. The molecule has 4 rings (SSSR count). The first-order chi connectivity index (χ1) is 13.3. The Morgan fingerprint density at radius 1 is 1.29 bits per heavy atom. The molecule has 10 heteroatoms.